The standard InChI is InChI=1S/C22H24F3N5O2/c1-12(2)30-19-15(11-27-30)10-17(13(3)28-19)20(31)29-18(21(32)26-4)9-14-5-7-16(8-6-14)22(23,24)25/h5-8,10-12,18H,9H2,1-4H3,(H,26,32)(H,29,31). The number of amides is 2. The first kappa shape index (κ1) is 23.2. The first-order valence-electron chi connectivity index (χ1n) is 10.0. The Hall–Kier alpha value is -3.43. The SMILES string of the molecule is CNC(=O)C(Cc1ccc(C(F)(F)F)cc1)NC(=O)c1cc2cnn(C(C)C)c2nc1C. The number of aryl methyl sites for hydroxylation is 1. The van der Waals surface area contributed by atoms with Gasteiger partial charge in [0.2, 0.25) is 5.91 Å². The molecule has 3 rings (SSSR count). The van der Waals surface area contributed by atoms with Crippen LogP contribution in [0.15, 0.2) is 36.5 Å². The normalized spacial score (nSPS) is 12.8. The highest BCUT2D eigenvalue weighted by Gasteiger charge is 2.30. The number of alkyl halides is 3. The van der Waals surface area contributed by atoms with Crippen LogP contribution in [0, 0.1) is 6.92 Å². The van der Waals surface area contributed by atoms with E-state index in [1.54, 1.807) is 23.9 Å². The second-order valence-corrected chi connectivity index (χ2v) is 7.76. The van der Waals surface area contributed by atoms with Crippen LogP contribution in [0.1, 0.15) is 47.1 Å². The summed E-state index contributed by atoms with van der Waals surface area (Å²) in [5, 5.41) is 10.1. The molecule has 3 aromatic rings. The maximum atomic E-state index is 12.9. The number of carbonyl (C=O) groups is 2. The first-order valence-corrected chi connectivity index (χ1v) is 10.0. The van der Waals surface area contributed by atoms with E-state index in [0.717, 1.165) is 12.1 Å². The summed E-state index contributed by atoms with van der Waals surface area (Å²) in [5.74, 6) is -0.965. The fourth-order valence-corrected chi connectivity index (χ4v) is 3.36. The van der Waals surface area contributed by atoms with Crippen molar-refractivity contribution in [2.45, 2.75) is 45.5 Å². The average Bonchev–Trinajstić information content (AvgIpc) is 3.14. The van der Waals surface area contributed by atoms with Gasteiger partial charge in [-0.25, -0.2) is 9.67 Å². The van der Waals surface area contributed by atoms with Crippen LogP contribution in [0.5, 0.6) is 0 Å². The van der Waals surface area contributed by atoms with E-state index >= 15 is 0 Å². The molecule has 0 aliphatic heterocycles. The molecule has 0 saturated carbocycles. The fraction of sp³-hybridized carbons (Fsp3) is 0.364. The Balaban J connectivity index is 1.83. The van der Waals surface area contributed by atoms with E-state index in [2.05, 4.69) is 20.7 Å². The number of benzene rings is 1. The number of pyridine rings is 1. The Kier molecular flexibility index (Phi) is 6.52. The molecule has 0 aliphatic carbocycles. The topological polar surface area (TPSA) is 88.9 Å². The maximum absolute atomic E-state index is 12.9. The molecule has 7 nitrogen and oxygen atoms in total. The third kappa shape index (κ3) is 4.90. The molecule has 0 fully saturated rings. The van der Waals surface area contributed by atoms with Crippen molar-refractivity contribution in [3.63, 3.8) is 0 Å². The van der Waals surface area contributed by atoms with Gasteiger partial charge in [0.25, 0.3) is 5.91 Å². The van der Waals surface area contributed by atoms with E-state index in [4.69, 9.17) is 0 Å². The molecule has 10 heteroatoms. The summed E-state index contributed by atoms with van der Waals surface area (Å²) < 4.78 is 40.1. The number of carbonyl (C=O) groups excluding carboxylic acids is 2. The summed E-state index contributed by atoms with van der Waals surface area (Å²) in [4.78, 5) is 29.8. The van der Waals surface area contributed by atoms with Gasteiger partial charge in [0.05, 0.1) is 23.0 Å². The van der Waals surface area contributed by atoms with Gasteiger partial charge in [-0.1, -0.05) is 12.1 Å². The molecule has 0 radical (unpaired) electrons. The van der Waals surface area contributed by atoms with Crippen molar-refractivity contribution in [3.8, 4) is 0 Å². The van der Waals surface area contributed by atoms with E-state index in [0.29, 0.717) is 27.9 Å². The van der Waals surface area contributed by atoms with Crippen LogP contribution in [0.4, 0.5) is 13.2 Å². The van der Waals surface area contributed by atoms with Gasteiger partial charge < -0.3 is 10.6 Å². The zero-order valence-electron chi connectivity index (χ0n) is 18.1. The van der Waals surface area contributed by atoms with Crippen molar-refractivity contribution < 1.29 is 22.8 Å². The van der Waals surface area contributed by atoms with Crippen molar-refractivity contribution in [2.24, 2.45) is 0 Å². The van der Waals surface area contributed by atoms with Crippen LogP contribution < -0.4 is 10.6 Å². The molecule has 0 spiro atoms. The van der Waals surface area contributed by atoms with Crippen molar-refractivity contribution in [2.75, 3.05) is 7.05 Å². The number of aromatic nitrogens is 3. The molecular weight excluding hydrogens is 423 g/mol. The Bertz CT molecular complexity index is 1140. The van der Waals surface area contributed by atoms with Crippen LogP contribution in [0.3, 0.4) is 0 Å². The highest BCUT2D eigenvalue weighted by atomic mass is 19.4. The van der Waals surface area contributed by atoms with Crippen LogP contribution >= 0.6 is 0 Å². The third-order valence-corrected chi connectivity index (χ3v) is 5.08. The quantitative estimate of drug-likeness (QED) is 0.606. The summed E-state index contributed by atoms with van der Waals surface area (Å²) in [6.45, 7) is 5.63. The Morgan fingerprint density at radius 2 is 1.81 bits per heavy atom. The molecule has 1 unspecified atom stereocenters. The lowest BCUT2D eigenvalue weighted by Gasteiger charge is -2.18. The molecule has 2 heterocycles. The van der Waals surface area contributed by atoms with Gasteiger partial charge in [0, 0.05) is 24.9 Å². The minimum absolute atomic E-state index is 0.0313. The van der Waals surface area contributed by atoms with Crippen molar-refractivity contribution in [1.82, 2.24) is 25.4 Å². The lowest BCUT2D eigenvalue weighted by molar-refractivity contribution is -0.137. The molecule has 2 aromatic heterocycles. The van der Waals surface area contributed by atoms with E-state index in [1.807, 2.05) is 13.8 Å². The molecule has 0 saturated heterocycles. The largest absolute Gasteiger partial charge is 0.416 e. The predicted molar refractivity (Wildman–Crippen MR) is 113 cm³/mol. The molecule has 32 heavy (non-hydrogen) atoms. The number of nitrogens with one attached hydrogen (secondary N) is 2. The van der Waals surface area contributed by atoms with Gasteiger partial charge in [0.15, 0.2) is 5.65 Å². The summed E-state index contributed by atoms with van der Waals surface area (Å²) >= 11 is 0. The number of rotatable bonds is 6. The molecule has 2 N–H and O–H groups in total. The summed E-state index contributed by atoms with van der Waals surface area (Å²) in [6.07, 6.45) is -2.79. The van der Waals surface area contributed by atoms with Gasteiger partial charge in [-0.05, 0) is 44.5 Å². The van der Waals surface area contributed by atoms with E-state index in [9.17, 15) is 22.8 Å². The van der Waals surface area contributed by atoms with Gasteiger partial charge in [-0.2, -0.15) is 18.3 Å². The Labute approximate surface area is 183 Å². The summed E-state index contributed by atoms with van der Waals surface area (Å²) in [7, 11) is 1.42. The van der Waals surface area contributed by atoms with Gasteiger partial charge in [0.1, 0.15) is 6.04 Å². The number of halogens is 3. The second kappa shape index (κ2) is 8.97. The van der Waals surface area contributed by atoms with E-state index in [1.165, 1.54) is 19.2 Å². The molecule has 0 bridgehead atoms. The maximum Gasteiger partial charge on any atom is 0.416 e. The van der Waals surface area contributed by atoms with Gasteiger partial charge >= 0.3 is 6.18 Å². The minimum atomic E-state index is -4.44. The van der Waals surface area contributed by atoms with Gasteiger partial charge in [-0.3, -0.25) is 9.59 Å². The second-order valence-electron chi connectivity index (χ2n) is 7.76. The fourth-order valence-electron chi connectivity index (χ4n) is 3.36. The molecule has 1 aromatic carbocycles. The average molecular weight is 447 g/mol. The van der Waals surface area contributed by atoms with Crippen LogP contribution in [0.2, 0.25) is 0 Å². The van der Waals surface area contributed by atoms with Crippen LogP contribution in [0.25, 0.3) is 11.0 Å². The molecule has 0 aliphatic rings. The third-order valence-electron chi connectivity index (χ3n) is 5.08. The van der Waals surface area contributed by atoms with E-state index in [-0.39, 0.29) is 12.5 Å². The lowest BCUT2D eigenvalue weighted by atomic mass is 10.0. The number of fused-ring (bicyclic) bond motifs is 1. The highest BCUT2D eigenvalue weighted by Crippen LogP contribution is 2.29. The predicted octanol–water partition coefficient (Wildman–Crippen LogP) is 3.43. The monoisotopic (exact) mass is 447 g/mol. The summed E-state index contributed by atoms with van der Waals surface area (Å²) in [6, 6.07) is 5.28. The number of nitrogens with zero attached hydrogens (tertiary/aromatic N) is 3. The Morgan fingerprint density at radius 1 is 1.16 bits per heavy atom. The number of likely N-dealkylation sites (N-methyl/N-ethyl adjacent to an activating group) is 1. The Morgan fingerprint density at radius 3 is 2.38 bits per heavy atom. The van der Waals surface area contributed by atoms with Crippen LogP contribution in [-0.2, 0) is 17.4 Å². The summed E-state index contributed by atoms with van der Waals surface area (Å²) in [5.41, 5.74) is 1.13. The smallest absolute Gasteiger partial charge is 0.357 e. The zero-order chi connectivity index (χ0) is 23.6. The van der Waals surface area contributed by atoms with E-state index < -0.39 is 29.6 Å². The zero-order valence-corrected chi connectivity index (χ0v) is 18.1. The minimum Gasteiger partial charge on any atom is -0.357 e. The van der Waals surface area contributed by atoms with Crippen molar-refractivity contribution >= 4 is 22.8 Å². The molecule has 1 atom stereocenters. The van der Waals surface area contributed by atoms with Crippen molar-refractivity contribution in [1.29, 1.82) is 0 Å². The number of hydrogen-bond donors (Lipinski definition) is 2. The van der Waals surface area contributed by atoms with Crippen LogP contribution in [-0.4, -0.2) is 39.7 Å². The first-order chi connectivity index (χ1) is 15.0. The molecular formula is C22H24F3N5O2. The number of hydrogen-bond acceptors (Lipinski definition) is 4. The lowest BCUT2D eigenvalue weighted by Crippen LogP contribution is -2.47. The van der Waals surface area contributed by atoms with Gasteiger partial charge in [-0.15, -0.1) is 0 Å². The van der Waals surface area contributed by atoms with Crippen molar-refractivity contribution in [3.05, 3.63) is 58.9 Å². The molecule has 170 valence electrons. The highest BCUT2D eigenvalue weighted by molar-refractivity contribution is 6.00. The molecule has 2 amide bonds.